The molecule has 0 spiro atoms. The molecule has 12 heteroatoms. The molecule has 3 aromatic carbocycles. The summed E-state index contributed by atoms with van der Waals surface area (Å²) in [5.41, 5.74) is -4.31. The number of rotatable bonds is 6. The normalized spacial score (nSPS) is 13.5. The molecule has 1 unspecified atom stereocenters. The van der Waals surface area contributed by atoms with Crippen LogP contribution in [0.4, 0.5) is 23.2 Å². The van der Waals surface area contributed by atoms with E-state index in [0.717, 1.165) is 36.4 Å². The minimum Gasteiger partial charge on any atom is -0.374 e. The van der Waals surface area contributed by atoms with E-state index in [1.165, 1.54) is 18.2 Å². The molecule has 1 atom stereocenters. The molecule has 0 fully saturated rings. The van der Waals surface area contributed by atoms with Crippen molar-refractivity contribution in [3.05, 3.63) is 94.3 Å². The number of benzene rings is 3. The van der Waals surface area contributed by atoms with E-state index in [2.05, 4.69) is 5.32 Å². The molecule has 0 radical (unpaired) electrons. The first-order valence-corrected chi connectivity index (χ1v) is 11.7. The number of hydrogen-bond acceptors (Lipinski definition) is 5. The van der Waals surface area contributed by atoms with Gasteiger partial charge in [-0.1, -0.05) is 23.7 Å². The van der Waals surface area contributed by atoms with Crippen LogP contribution >= 0.6 is 11.6 Å². The van der Waals surface area contributed by atoms with Crippen molar-refractivity contribution in [1.82, 2.24) is 0 Å². The number of anilines is 1. The van der Waals surface area contributed by atoms with E-state index in [4.69, 9.17) is 16.9 Å². The maximum Gasteiger partial charge on any atom is 0.416 e. The number of sulfone groups is 1. The van der Waals surface area contributed by atoms with Crippen LogP contribution in [0.1, 0.15) is 16.7 Å². The molecule has 3 aromatic rings. The van der Waals surface area contributed by atoms with Gasteiger partial charge >= 0.3 is 6.18 Å². The van der Waals surface area contributed by atoms with Gasteiger partial charge in [-0.05, 0) is 60.2 Å². The molecule has 1 amide bonds. The standard InChI is InChI=1S/C23H15ClF4N2O4S/c24-20-11-18(8-1-14(20)12-29)30-21(31)22(32,15-2-4-16(5-3-15)23(26,27)28)13-35(33,34)19-9-6-17(25)7-10-19/h1-11,32H,13H2,(H,30,31). The molecule has 0 bridgehead atoms. The molecule has 6 nitrogen and oxygen atoms in total. The van der Waals surface area contributed by atoms with Gasteiger partial charge in [-0.3, -0.25) is 4.79 Å². The summed E-state index contributed by atoms with van der Waals surface area (Å²) in [7, 11) is -4.45. The first-order valence-electron chi connectivity index (χ1n) is 9.66. The third-order valence-corrected chi connectivity index (χ3v) is 7.09. The fraction of sp³-hybridized carbons (Fsp3) is 0.130. The van der Waals surface area contributed by atoms with Crippen molar-refractivity contribution >= 4 is 33.0 Å². The average molecular weight is 527 g/mol. The van der Waals surface area contributed by atoms with E-state index in [0.29, 0.717) is 12.1 Å². The van der Waals surface area contributed by atoms with Crippen molar-refractivity contribution in [1.29, 1.82) is 5.26 Å². The van der Waals surface area contributed by atoms with Gasteiger partial charge in [-0.25, -0.2) is 12.8 Å². The Morgan fingerprint density at radius 2 is 1.57 bits per heavy atom. The van der Waals surface area contributed by atoms with Crippen molar-refractivity contribution in [3.8, 4) is 6.07 Å². The van der Waals surface area contributed by atoms with Gasteiger partial charge in [0, 0.05) is 5.69 Å². The predicted molar refractivity (Wildman–Crippen MR) is 119 cm³/mol. The monoisotopic (exact) mass is 526 g/mol. The Kier molecular flexibility index (Phi) is 7.21. The Bertz CT molecular complexity index is 1400. The number of aliphatic hydroxyl groups is 1. The number of hydrogen-bond donors (Lipinski definition) is 2. The Morgan fingerprint density at radius 3 is 2.09 bits per heavy atom. The van der Waals surface area contributed by atoms with Crippen molar-refractivity contribution < 1.29 is 35.9 Å². The van der Waals surface area contributed by atoms with Gasteiger partial charge in [-0.2, -0.15) is 18.4 Å². The molecule has 0 aliphatic heterocycles. The summed E-state index contributed by atoms with van der Waals surface area (Å²) in [6, 6.07) is 11.9. The number of amides is 1. The van der Waals surface area contributed by atoms with E-state index in [-0.39, 0.29) is 16.3 Å². The molecule has 35 heavy (non-hydrogen) atoms. The first kappa shape index (κ1) is 26.2. The highest BCUT2D eigenvalue weighted by Crippen LogP contribution is 2.33. The molecule has 182 valence electrons. The van der Waals surface area contributed by atoms with E-state index >= 15 is 0 Å². The summed E-state index contributed by atoms with van der Waals surface area (Å²) in [6.45, 7) is 0. The second kappa shape index (κ2) is 9.65. The molecule has 3 rings (SSSR count). The van der Waals surface area contributed by atoms with Crippen LogP contribution < -0.4 is 5.32 Å². The lowest BCUT2D eigenvalue weighted by atomic mass is 9.93. The number of carbonyl (C=O) groups is 1. The van der Waals surface area contributed by atoms with Gasteiger partial charge in [0.05, 0.1) is 26.8 Å². The van der Waals surface area contributed by atoms with Crippen LogP contribution in [-0.2, 0) is 26.4 Å². The third kappa shape index (κ3) is 5.79. The Morgan fingerprint density at radius 1 is 1.00 bits per heavy atom. The maximum atomic E-state index is 13.2. The largest absolute Gasteiger partial charge is 0.416 e. The lowest BCUT2D eigenvalue weighted by Gasteiger charge is -2.28. The molecule has 0 aromatic heterocycles. The Hall–Kier alpha value is -3.46. The molecular formula is C23H15ClF4N2O4S. The zero-order chi connectivity index (χ0) is 26.0. The summed E-state index contributed by atoms with van der Waals surface area (Å²) < 4.78 is 78.1. The van der Waals surface area contributed by atoms with Crippen LogP contribution in [0, 0.1) is 17.1 Å². The van der Waals surface area contributed by atoms with Gasteiger partial charge in [0.15, 0.2) is 15.4 Å². The van der Waals surface area contributed by atoms with E-state index in [9.17, 15) is 35.9 Å². The highest BCUT2D eigenvalue weighted by atomic mass is 35.5. The van der Waals surface area contributed by atoms with Crippen LogP contribution in [-0.4, -0.2) is 25.2 Å². The molecule has 0 heterocycles. The first-order chi connectivity index (χ1) is 16.3. The lowest BCUT2D eigenvalue weighted by molar-refractivity contribution is -0.137. The fourth-order valence-corrected chi connectivity index (χ4v) is 4.92. The minimum absolute atomic E-state index is 0.0106. The highest BCUT2D eigenvalue weighted by Gasteiger charge is 2.43. The predicted octanol–water partition coefficient (Wildman–Crippen LogP) is 4.67. The number of nitrogens with zero attached hydrogens (tertiary/aromatic N) is 1. The van der Waals surface area contributed by atoms with E-state index in [1.807, 2.05) is 6.07 Å². The van der Waals surface area contributed by atoms with Crippen LogP contribution in [0.5, 0.6) is 0 Å². The van der Waals surface area contributed by atoms with E-state index < -0.39 is 55.1 Å². The van der Waals surface area contributed by atoms with Crippen molar-refractivity contribution in [2.75, 3.05) is 11.1 Å². The second-order valence-electron chi connectivity index (χ2n) is 7.41. The van der Waals surface area contributed by atoms with Gasteiger partial charge in [0.2, 0.25) is 0 Å². The topological polar surface area (TPSA) is 107 Å². The summed E-state index contributed by atoms with van der Waals surface area (Å²) in [5.74, 6) is -3.28. The van der Waals surface area contributed by atoms with E-state index in [1.54, 1.807) is 0 Å². The molecule has 0 saturated carbocycles. The molecule has 0 aliphatic carbocycles. The summed E-state index contributed by atoms with van der Waals surface area (Å²) in [5, 5.41) is 22.5. The number of carbonyl (C=O) groups excluding carboxylic acids is 1. The van der Waals surface area contributed by atoms with Gasteiger partial charge in [0.25, 0.3) is 5.91 Å². The van der Waals surface area contributed by atoms with Gasteiger partial charge in [0.1, 0.15) is 11.9 Å². The number of nitriles is 1. The highest BCUT2D eigenvalue weighted by molar-refractivity contribution is 7.91. The van der Waals surface area contributed by atoms with Crippen molar-refractivity contribution in [3.63, 3.8) is 0 Å². The second-order valence-corrected chi connectivity index (χ2v) is 9.81. The number of nitrogens with one attached hydrogen (secondary N) is 1. The molecule has 2 N–H and O–H groups in total. The number of halogens is 5. The lowest BCUT2D eigenvalue weighted by Crippen LogP contribution is -2.46. The summed E-state index contributed by atoms with van der Waals surface area (Å²) in [4.78, 5) is 12.7. The van der Waals surface area contributed by atoms with Crippen molar-refractivity contribution in [2.45, 2.75) is 16.7 Å². The fourth-order valence-electron chi connectivity index (χ4n) is 3.13. The van der Waals surface area contributed by atoms with Crippen LogP contribution in [0.3, 0.4) is 0 Å². The van der Waals surface area contributed by atoms with Gasteiger partial charge < -0.3 is 10.4 Å². The van der Waals surface area contributed by atoms with Crippen LogP contribution in [0.25, 0.3) is 0 Å². The van der Waals surface area contributed by atoms with Crippen LogP contribution in [0.15, 0.2) is 71.6 Å². The smallest absolute Gasteiger partial charge is 0.374 e. The minimum atomic E-state index is -4.71. The molecule has 0 aliphatic rings. The zero-order valence-corrected chi connectivity index (χ0v) is 19.0. The molecular weight excluding hydrogens is 512 g/mol. The quantitative estimate of drug-likeness (QED) is 0.358. The number of alkyl halides is 3. The summed E-state index contributed by atoms with van der Waals surface area (Å²) >= 11 is 5.93. The maximum absolute atomic E-state index is 13.2. The Labute approximate surface area is 202 Å². The van der Waals surface area contributed by atoms with Gasteiger partial charge in [-0.15, -0.1) is 0 Å². The SMILES string of the molecule is N#Cc1ccc(NC(=O)C(O)(CS(=O)(=O)c2ccc(F)cc2)c2ccc(C(F)(F)F)cc2)cc1Cl. The average Bonchev–Trinajstić information content (AvgIpc) is 2.78. The third-order valence-electron chi connectivity index (χ3n) is 4.98. The van der Waals surface area contributed by atoms with Crippen LogP contribution in [0.2, 0.25) is 5.02 Å². The Balaban J connectivity index is 2.05. The summed E-state index contributed by atoms with van der Waals surface area (Å²) in [6.07, 6.45) is -4.71. The molecule has 0 saturated heterocycles. The van der Waals surface area contributed by atoms with Crippen molar-refractivity contribution in [2.24, 2.45) is 0 Å². The zero-order valence-electron chi connectivity index (χ0n) is 17.5.